The van der Waals surface area contributed by atoms with E-state index in [1.165, 1.54) is 24.3 Å². The topological polar surface area (TPSA) is 97.4 Å². The minimum absolute atomic E-state index is 0.0387. The molecule has 0 saturated heterocycles. The molecular weight excluding hydrogens is 318 g/mol. The van der Waals surface area contributed by atoms with E-state index < -0.39 is 10.8 Å². The van der Waals surface area contributed by atoms with Crippen molar-refractivity contribution in [1.82, 2.24) is 10.6 Å². The molecule has 1 amide bonds. The van der Waals surface area contributed by atoms with Crippen LogP contribution in [0.2, 0.25) is 0 Å². The monoisotopic (exact) mass is 331 g/mol. The number of nitrogens with one attached hydrogen (secondary N) is 2. The number of hydrogen-bond donors (Lipinski definition) is 2. The molecule has 8 heteroatoms. The molecule has 0 bridgehead atoms. The standard InChI is InChI=1S/C15H13N3O4S/c19-14(17-15(23)16-10-13-5-2-8-22-13)7-6-11-3-1-4-12(9-11)18(20)21/h1-9H,10H2,(H2,16,17,19,23)/b7-6+. The normalized spacial score (nSPS) is 10.4. The summed E-state index contributed by atoms with van der Waals surface area (Å²) >= 11 is 4.98. The van der Waals surface area contributed by atoms with E-state index in [0.29, 0.717) is 17.9 Å². The lowest BCUT2D eigenvalue weighted by Gasteiger charge is -2.06. The molecule has 2 aromatic rings. The molecule has 2 rings (SSSR count). The number of nitrogens with zero attached hydrogens (tertiary/aromatic N) is 1. The first kappa shape index (κ1) is 16.4. The van der Waals surface area contributed by atoms with Crippen LogP contribution in [0.3, 0.4) is 0 Å². The highest BCUT2D eigenvalue weighted by Crippen LogP contribution is 2.13. The summed E-state index contributed by atoms with van der Waals surface area (Å²) in [5.74, 6) is 0.252. The van der Waals surface area contributed by atoms with Gasteiger partial charge in [0.1, 0.15) is 5.76 Å². The second-order valence-electron chi connectivity index (χ2n) is 4.44. The van der Waals surface area contributed by atoms with Gasteiger partial charge in [-0.05, 0) is 36.0 Å². The van der Waals surface area contributed by atoms with E-state index in [9.17, 15) is 14.9 Å². The molecular formula is C15H13N3O4S. The summed E-state index contributed by atoms with van der Waals surface area (Å²) in [6.45, 7) is 0.362. The lowest BCUT2D eigenvalue weighted by atomic mass is 10.2. The SMILES string of the molecule is O=C(/C=C/c1cccc([N+](=O)[O-])c1)NC(=S)NCc1ccco1. The van der Waals surface area contributed by atoms with E-state index >= 15 is 0 Å². The van der Waals surface area contributed by atoms with Crippen LogP contribution in [0.4, 0.5) is 5.69 Å². The Morgan fingerprint density at radius 1 is 1.35 bits per heavy atom. The predicted octanol–water partition coefficient (Wildman–Crippen LogP) is 2.39. The van der Waals surface area contributed by atoms with Crippen molar-refractivity contribution in [3.8, 4) is 0 Å². The van der Waals surface area contributed by atoms with E-state index in [-0.39, 0.29) is 10.8 Å². The van der Waals surface area contributed by atoms with Crippen molar-refractivity contribution < 1.29 is 14.1 Å². The number of non-ortho nitro benzene ring substituents is 1. The molecule has 0 aliphatic rings. The van der Waals surface area contributed by atoms with Crippen LogP contribution < -0.4 is 10.6 Å². The van der Waals surface area contributed by atoms with Crippen molar-refractivity contribution in [2.24, 2.45) is 0 Å². The average molecular weight is 331 g/mol. The number of rotatable bonds is 5. The van der Waals surface area contributed by atoms with Crippen LogP contribution in [0.15, 0.2) is 53.2 Å². The quantitative estimate of drug-likeness (QED) is 0.378. The molecule has 1 aromatic carbocycles. The van der Waals surface area contributed by atoms with E-state index in [0.717, 1.165) is 0 Å². The third kappa shape index (κ3) is 5.36. The zero-order valence-corrected chi connectivity index (χ0v) is 12.7. The van der Waals surface area contributed by atoms with Crippen LogP contribution in [0.25, 0.3) is 6.08 Å². The van der Waals surface area contributed by atoms with Crippen LogP contribution in [-0.2, 0) is 11.3 Å². The molecule has 2 N–H and O–H groups in total. The Labute approximate surface area is 137 Å². The third-order valence-electron chi connectivity index (χ3n) is 2.75. The molecule has 0 aliphatic heterocycles. The highest BCUT2D eigenvalue weighted by molar-refractivity contribution is 7.80. The van der Waals surface area contributed by atoms with E-state index in [4.69, 9.17) is 16.6 Å². The Hall–Kier alpha value is -3.00. The Kier molecular flexibility index (Phi) is 5.59. The summed E-state index contributed by atoms with van der Waals surface area (Å²) in [5.41, 5.74) is 0.506. The third-order valence-corrected chi connectivity index (χ3v) is 2.99. The van der Waals surface area contributed by atoms with E-state index in [1.54, 1.807) is 30.5 Å². The van der Waals surface area contributed by atoms with E-state index in [1.807, 2.05) is 0 Å². The molecule has 0 unspecified atom stereocenters. The van der Waals surface area contributed by atoms with Crippen molar-refractivity contribution in [2.75, 3.05) is 0 Å². The van der Waals surface area contributed by atoms with Crippen molar-refractivity contribution >= 4 is 35.0 Å². The van der Waals surface area contributed by atoms with Crippen LogP contribution >= 0.6 is 12.2 Å². The second-order valence-corrected chi connectivity index (χ2v) is 4.84. The summed E-state index contributed by atoms with van der Waals surface area (Å²) in [7, 11) is 0. The summed E-state index contributed by atoms with van der Waals surface area (Å²) in [4.78, 5) is 21.9. The van der Waals surface area contributed by atoms with Crippen molar-refractivity contribution in [1.29, 1.82) is 0 Å². The maximum absolute atomic E-state index is 11.7. The average Bonchev–Trinajstić information content (AvgIpc) is 3.04. The molecule has 1 aromatic heterocycles. The summed E-state index contributed by atoms with van der Waals surface area (Å²) < 4.78 is 5.12. The molecule has 118 valence electrons. The first-order chi connectivity index (χ1) is 11.0. The molecule has 23 heavy (non-hydrogen) atoms. The largest absolute Gasteiger partial charge is 0.467 e. The Morgan fingerprint density at radius 2 is 2.17 bits per heavy atom. The highest BCUT2D eigenvalue weighted by Gasteiger charge is 2.05. The number of carbonyl (C=O) groups is 1. The van der Waals surface area contributed by atoms with Gasteiger partial charge in [-0.3, -0.25) is 20.2 Å². The smallest absolute Gasteiger partial charge is 0.270 e. The summed E-state index contributed by atoms with van der Waals surface area (Å²) in [6.07, 6.45) is 4.26. The lowest BCUT2D eigenvalue weighted by molar-refractivity contribution is -0.384. The fraction of sp³-hybridized carbons (Fsp3) is 0.0667. The Morgan fingerprint density at radius 3 is 2.87 bits per heavy atom. The number of benzene rings is 1. The molecule has 7 nitrogen and oxygen atoms in total. The van der Waals surface area contributed by atoms with Crippen LogP contribution in [0, 0.1) is 10.1 Å². The van der Waals surface area contributed by atoms with Gasteiger partial charge in [0.2, 0.25) is 5.91 Å². The Balaban J connectivity index is 1.85. The van der Waals surface area contributed by atoms with Gasteiger partial charge in [0.15, 0.2) is 5.11 Å². The van der Waals surface area contributed by atoms with Gasteiger partial charge in [-0.1, -0.05) is 12.1 Å². The zero-order valence-electron chi connectivity index (χ0n) is 11.9. The van der Waals surface area contributed by atoms with Gasteiger partial charge in [0.05, 0.1) is 17.7 Å². The van der Waals surface area contributed by atoms with Gasteiger partial charge >= 0.3 is 0 Å². The predicted molar refractivity (Wildman–Crippen MR) is 88.4 cm³/mol. The molecule has 0 spiro atoms. The van der Waals surface area contributed by atoms with Gasteiger partial charge in [-0.2, -0.15) is 0 Å². The molecule has 0 atom stereocenters. The molecule has 0 aliphatic carbocycles. The van der Waals surface area contributed by atoms with Gasteiger partial charge in [0.25, 0.3) is 5.69 Å². The fourth-order valence-corrected chi connectivity index (χ4v) is 1.87. The number of amides is 1. The molecule has 0 saturated carbocycles. The highest BCUT2D eigenvalue weighted by atomic mass is 32.1. The Bertz CT molecular complexity index is 741. The number of nitro benzene ring substituents is 1. The van der Waals surface area contributed by atoms with Crippen molar-refractivity contribution in [3.63, 3.8) is 0 Å². The van der Waals surface area contributed by atoms with Gasteiger partial charge < -0.3 is 9.73 Å². The number of thiocarbonyl (C=S) groups is 1. The molecule has 0 fully saturated rings. The maximum atomic E-state index is 11.7. The minimum Gasteiger partial charge on any atom is -0.467 e. The number of hydrogen-bond acceptors (Lipinski definition) is 5. The number of nitro groups is 1. The van der Waals surface area contributed by atoms with Crippen LogP contribution in [0.1, 0.15) is 11.3 Å². The first-order valence-corrected chi connectivity index (χ1v) is 6.99. The summed E-state index contributed by atoms with van der Waals surface area (Å²) in [6, 6.07) is 9.48. The van der Waals surface area contributed by atoms with E-state index in [2.05, 4.69) is 10.6 Å². The fourth-order valence-electron chi connectivity index (χ4n) is 1.69. The zero-order chi connectivity index (χ0) is 16.7. The van der Waals surface area contributed by atoms with Gasteiger partial charge in [-0.25, -0.2) is 0 Å². The molecule has 1 heterocycles. The van der Waals surface area contributed by atoms with Crippen LogP contribution in [0.5, 0.6) is 0 Å². The van der Waals surface area contributed by atoms with Crippen molar-refractivity contribution in [3.05, 3.63) is 70.2 Å². The number of furan rings is 1. The maximum Gasteiger partial charge on any atom is 0.270 e. The minimum atomic E-state index is -0.495. The van der Waals surface area contributed by atoms with Gasteiger partial charge in [-0.15, -0.1) is 0 Å². The van der Waals surface area contributed by atoms with Crippen molar-refractivity contribution in [2.45, 2.75) is 6.54 Å². The number of carbonyl (C=O) groups excluding carboxylic acids is 1. The second kappa shape index (κ2) is 7.85. The lowest BCUT2D eigenvalue weighted by Crippen LogP contribution is -2.37. The first-order valence-electron chi connectivity index (χ1n) is 6.58. The summed E-state index contributed by atoms with van der Waals surface area (Å²) in [5, 5.41) is 16.1. The van der Waals surface area contributed by atoms with Gasteiger partial charge in [0, 0.05) is 18.2 Å². The molecule has 0 radical (unpaired) electrons. The van der Waals surface area contributed by atoms with Crippen LogP contribution in [-0.4, -0.2) is 15.9 Å².